The van der Waals surface area contributed by atoms with Crippen molar-refractivity contribution >= 4 is 21.9 Å². The molecule has 1 heterocycles. The van der Waals surface area contributed by atoms with Crippen molar-refractivity contribution in [3.05, 3.63) is 30.3 Å². The van der Waals surface area contributed by atoms with Crippen molar-refractivity contribution in [2.45, 2.75) is 43.7 Å². The summed E-state index contributed by atoms with van der Waals surface area (Å²) in [5, 5.41) is 9.11. The van der Waals surface area contributed by atoms with Crippen LogP contribution in [0.25, 0.3) is 0 Å². The predicted octanol–water partition coefficient (Wildman–Crippen LogP) is 1.07. The molecule has 1 aliphatic heterocycles. The number of amides is 1. The van der Waals surface area contributed by atoms with Crippen LogP contribution in [0.3, 0.4) is 0 Å². The van der Waals surface area contributed by atoms with Gasteiger partial charge in [0.05, 0.1) is 6.27 Å². The van der Waals surface area contributed by atoms with Gasteiger partial charge in [0.1, 0.15) is 12.1 Å². The highest BCUT2D eigenvalue weighted by Gasteiger charge is 2.41. The van der Waals surface area contributed by atoms with Gasteiger partial charge in [-0.15, -0.1) is 0 Å². The molecule has 0 radical (unpaired) electrons. The summed E-state index contributed by atoms with van der Waals surface area (Å²) in [6.45, 7) is 3.98. The van der Waals surface area contributed by atoms with Gasteiger partial charge in [0.15, 0.2) is 0 Å². The Morgan fingerprint density at radius 2 is 2.12 bits per heavy atom. The summed E-state index contributed by atoms with van der Waals surface area (Å²) in [6, 6.07) is 3.56. The normalized spacial score (nSPS) is 19.5. The number of rotatable bonds is 7. The summed E-state index contributed by atoms with van der Waals surface area (Å²) in [4.78, 5) is 24.8. The number of likely N-dealkylation sites (tertiary alicyclic amines) is 1. The highest BCUT2D eigenvalue weighted by Crippen LogP contribution is 2.21. The monoisotopic (exact) mass is 355 g/mol. The van der Waals surface area contributed by atoms with Crippen molar-refractivity contribution in [1.29, 1.82) is 0 Å². The smallest absolute Gasteiger partial charge is 0.326 e. The van der Waals surface area contributed by atoms with Crippen LogP contribution in [0.4, 0.5) is 0 Å². The summed E-state index contributed by atoms with van der Waals surface area (Å²) in [7, 11) is -4.07. The fraction of sp³-hybridized carbons (Fsp3) is 0.500. The van der Waals surface area contributed by atoms with Crippen LogP contribution in [0.5, 0.6) is 0 Å². The van der Waals surface area contributed by atoms with Crippen LogP contribution in [0.1, 0.15) is 28.1 Å². The molecular weight excluding hydrogens is 332 g/mol. The van der Waals surface area contributed by atoms with Gasteiger partial charge in [-0.25, -0.2) is 13.2 Å². The first-order valence-electron chi connectivity index (χ1n) is 8.24. The molecule has 0 unspecified atom stereocenters. The molecule has 0 aromatic heterocycles. The SMILES string of the molecule is [2H]c1ccccc1S(=O)(=O)N[C@@H](CC(C)C)C(=O)N1CC[C@H]1C(=O)O. The molecule has 1 fully saturated rings. The van der Waals surface area contributed by atoms with E-state index in [1.807, 2.05) is 13.8 Å². The summed E-state index contributed by atoms with van der Waals surface area (Å²) >= 11 is 0. The molecule has 132 valence electrons. The van der Waals surface area contributed by atoms with Gasteiger partial charge in [-0.3, -0.25) is 4.79 Å². The van der Waals surface area contributed by atoms with Crippen molar-refractivity contribution in [2.75, 3.05) is 6.54 Å². The van der Waals surface area contributed by atoms with Crippen LogP contribution in [0, 0.1) is 5.92 Å². The first kappa shape index (κ1) is 16.9. The number of hydrogen-bond acceptors (Lipinski definition) is 4. The lowest BCUT2D eigenvalue weighted by molar-refractivity contribution is -0.158. The molecule has 0 saturated carbocycles. The third kappa shape index (κ3) is 4.12. The molecule has 1 amide bonds. The van der Waals surface area contributed by atoms with Crippen LogP contribution < -0.4 is 4.72 Å². The van der Waals surface area contributed by atoms with E-state index in [0.717, 1.165) is 0 Å². The Balaban J connectivity index is 2.25. The van der Waals surface area contributed by atoms with Crippen molar-refractivity contribution in [3.8, 4) is 0 Å². The Kier molecular flexibility index (Phi) is 5.15. The number of sulfonamides is 1. The second kappa shape index (κ2) is 7.31. The first-order valence-corrected chi connectivity index (χ1v) is 9.23. The fourth-order valence-electron chi connectivity index (χ4n) is 2.57. The Morgan fingerprint density at radius 3 is 2.62 bits per heavy atom. The molecule has 1 aliphatic rings. The minimum absolute atomic E-state index is 0.0208. The van der Waals surface area contributed by atoms with Crippen molar-refractivity contribution in [3.63, 3.8) is 0 Å². The van der Waals surface area contributed by atoms with E-state index >= 15 is 0 Å². The Bertz CT molecular complexity index is 766. The molecule has 7 nitrogen and oxygen atoms in total. The van der Waals surface area contributed by atoms with E-state index in [4.69, 9.17) is 6.48 Å². The molecule has 0 aliphatic carbocycles. The number of nitrogens with zero attached hydrogens (tertiary/aromatic N) is 1. The van der Waals surface area contributed by atoms with E-state index in [1.165, 1.54) is 23.1 Å². The number of carboxylic acids is 1. The summed E-state index contributed by atoms with van der Waals surface area (Å²) in [5.74, 6) is -1.62. The van der Waals surface area contributed by atoms with Crippen LogP contribution in [0.2, 0.25) is 0 Å². The van der Waals surface area contributed by atoms with Gasteiger partial charge >= 0.3 is 5.97 Å². The van der Waals surface area contributed by atoms with Gasteiger partial charge < -0.3 is 10.0 Å². The zero-order chi connectivity index (χ0) is 18.8. The van der Waals surface area contributed by atoms with E-state index in [2.05, 4.69) is 4.72 Å². The van der Waals surface area contributed by atoms with Gasteiger partial charge in [-0.05, 0) is 30.9 Å². The van der Waals surface area contributed by atoms with Crippen LogP contribution >= 0.6 is 0 Å². The molecule has 1 saturated heterocycles. The molecule has 1 aromatic rings. The number of aliphatic carboxylic acids is 1. The molecule has 0 bridgehead atoms. The third-order valence-electron chi connectivity index (χ3n) is 3.86. The lowest BCUT2D eigenvalue weighted by Gasteiger charge is -2.40. The summed E-state index contributed by atoms with van der Waals surface area (Å²) in [6.07, 6.45) is 0.596. The minimum atomic E-state index is -4.07. The standard InChI is InChI=1S/C16H22N2O5S/c1-11(2)10-13(15(19)18-9-8-14(18)16(20)21)17-24(22,23)12-6-4-3-5-7-12/h3-7,11,13-14,17H,8-10H2,1-2H3,(H,20,21)/t13-,14-/m0/s1/i6D. The lowest BCUT2D eigenvalue weighted by Crippen LogP contribution is -2.60. The van der Waals surface area contributed by atoms with Gasteiger partial charge in [0.25, 0.3) is 0 Å². The van der Waals surface area contributed by atoms with E-state index in [9.17, 15) is 18.0 Å². The van der Waals surface area contributed by atoms with E-state index < -0.39 is 34.0 Å². The molecule has 2 rings (SSSR count). The number of nitrogens with one attached hydrogen (secondary N) is 1. The highest BCUT2D eigenvalue weighted by atomic mass is 32.2. The number of benzene rings is 1. The minimum Gasteiger partial charge on any atom is -0.480 e. The number of carboxylic acid groups (broad SMARTS) is 1. The largest absolute Gasteiger partial charge is 0.480 e. The van der Waals surface area contributed by atoms with Crippen LogP contribution in [-0.2, 0) is 19.6 Å². The Hall–Kier alpha value is -1.93. The summed E-state index contributed by atoms with van der Waals surface area (Å²) < 4.78 is 35.3. The third-order valence-corrected chi connectivity index (χ3v) is 5.29. The van der Waals surface area contributed by atoms with Gasteiger partial charge in [-0.1, -0.05) is 32.0 Å². The van der Waals surface area contributed by atoms with Crippen molar-refractivity contribution < 1.29 is 24.5 Å². The first-order chi connectivity index (χ1) is 11.6. The molecule has 1 aromatic carbocycles. The summed E-state index contributed by atoms with van der Waals surface area (Å²) in [5.41, 5.74) is 0. The molecule has 8 heteroatoms. The lowest BCUT2D eigenvalue weighted by atomic mass is 9.98. The molecule has 2 atom stereocenters. The number of hydrogen-bond donors (Lipinski definition) is 2. The zero-order valence-electron chi connectivity index (χ0n) is 14.6. The molecule has 2 N–H and O–H groups in total. The molecule has 24 heavy (non-hydrogen) atoms. The Morgan fingerprint density at radius 1 is 1.42 bits per heavy atom. The van der Waals surface area contributed by atoms with Crippen molar-refractivity contribution in [1.82, 2.24) is 9.62 Å². The average Bonchev–Trinajstić information content (AvgIpc) is 2.44. The van der Waals surface area contributed by atoms with E-state index in [1.54, 1.807) is 6.07 Å². The average molecular weight is 355 g/mol. The Labute approximate surface area is 143 Å². The van der Waals surface area contributed by atoms with Crippen LogP contribution in [-0.4, -0.2) is 48.9 Å². The maximum absolute atomic E-state index is 12.7. The fourth-order valence-corrected chi connectivity index (χ4v) is 3.75. The predicted molar refractivity (Wildman–Crippen MR) is 87.8 cm³/mol. The van der Waals surface area contributed by atoms with Crippen LogP contribution in [0.15, 0.2) is 35.2 Å². The second-order valence-corrected chi connectivity index (χ2v) is 7.89. The van der Waals surface area contributed by atoms with Gasteiger partial charge in [0, 0.05) is 6.54 Å². The quantitative estimate of drug-likeness (QED) is 0.761. The van der Waals surface area contributed by atoms with E-state index in [-0.39, 0.29) is 23.3 Å². The number of carbonyl (C=O) groups excluding carboxylic acids is 1. The second-order valence-electron chi connectivity index (χ2n) is 6.20. The highest BCUT2D eigenvalue weighted by molar-refractivity contribution is 7.89. The van der Waals surface area contributed by atoms with Crippen molar-refractivity contribution in [2.24, 2.45) is 5.92 Å². The number of carbonyl (C=O) groups is 2. The molecule has 0 spiro atoms. The van der Waals surface area contributed by atoms with Gasteiger partial charge in [0.2, 0.25) is 15.9 Å². The maximum Gasteiger partial charge on any atom is 0.326 e. The van der Waals surface area contributed by atoms with E-state index in [0.29, 0.717) is 13.0 Å². The topological polar surface area (TPSA) is 104 Å². The maximum atomic E-state index is 12.7. The van der Waals surface area contributed by atoms with Gasteiger partial charge in [-0.2, -0.15) is 4.72 Å². The molecular formula is C16H22N2O5S. The zero-order valence-corrected chi connectivity index (χ0v) is 14.4.